The Morgan fingerprint density at radius 2 is 2.29 bits per heavy atom. The summed E-state index contributed by atoms with van der Waals surface area (Å²) in [6.07, 6.45) is 0.0936. The number of hydrogen-bond acceptors (Lipinski definition) is 5. The van der Waals surface area contributed by atoms with Gasteiger partial charge in [0.2, 0.25) is 5.88 Å². The summed E-state index contributed by atoms with van der Waals surface area (Å²) in [5, 5.41) is 3.84. The average Bonchev–Trinajstić information content (AvgIpc) is 2.89. The van der Waals surface area contributed by atoms with Gasteiger partial charge >= 0.3 is 0 Å². The maximum Gasteiger partial charge on any atom is 0.254 e. The van der Waals surface area contributed by atoms with E-state index in [-0.39, 0.29) is 18.6 Å². The van der Waals surface area contributed by atoms with Crippen LogP contribution in [0, 0.1) is 0 Å². The van der Waals surface area contributed by atoms with Crippen molar-refractivity contribution in [3.8, 4) is 11.6 Å². The Bertz CT molecular complexity index is 811. The topological polar surface area (TPSA) is 104 Å². The van der Waals surface area contributed by atoms with Crippen molar-refractivity contribution in [2.75, 3.05) is 13.7 Å². The summed E-state index contributed by atoms with van der Waals surface area (Å²) >= 11 is 0. The van der Waals surface area contributed by atoms with E-state index in [9.17, 15) is 14.0 Å². The first-order valence-electron chi connectivity index (χ1n) is 7.33. The van der Waals surface area contributed by atoms with E-state index >= 15 is 0 Å². The molecule has 2 aromatic rings. The quantitative estimate of drug-likeness (QED) is 0.848. The second-order valence-corrected chi connectivity index (χ2v) is 5.47. The number of primary amides is 1. The predicted molar refractivity (Wildman–Crippen MR) is 83.8 cm³/mol. The minimum Gasteiger partial charge on any atom is -0.496 e. The molecule has 2 amide bonds. The first-order valence-corrected chi connectivity index (χ1v) is 7.33. The maximum atomic E-state index is 13.2. The second kappa shape index (κ2) is 6.31. The summed E-state index contributed by atoms with van der Waals surface area (Å²) in [6, 6.07) is 4.52. The largest absolute Gasteiger partial charge is 0.496 e. The molecule has 0 spiro atoms. The van der Waals surface area contributed by atoms with Gasteiger partial charge in [-0.2, -0.15) is 0 Å². The van der Waals surface area contributed by atoms with Gasteiger partial charge in [-0.25, -0.2) is 9.37 Å². The number of nitrogens with two attached hydrogens (primary N) is 1. The fraction of sp³-hybridized carbons (Fsp3) is 0.312. The van der Waals surface area contributed by atoms with Crippen LogP contribution >= 0.6 is 0 Å². The van der Waals surface area contributed by atoms with Crippen LogP contribution in [0.15, 0.2) is 24.4 Å². The lowest BCUT2D eigenvalue weighted by atomic mass is 10.1. The minimum absolute atomic E-state index is 0.0682. The second-order valence-electron chi connectivity index (χ2n) is 5.47. The van der Waals surface area contributed by atoms with Gasteiger partial charge in [0.1, 0.15) is 12.4 Å². The monoisotopic (exact) mass is 333 g/mol. The standard InChI is InChI=1S/C16H16FN3O4/c1-23-13-6-10-8(4-11(13)14(18)21)2-3-19-16(10)24-7-9-5-12(17)15(22)20-9/h2-4,6,9,12H,5,7H2,1H3,(H2,18,21)(H,20,22)/t9-,12-/m0/s1. The maximum absolute atomic E-state index is 13.2. The van der Waals surface area contributed by atoms with E-state index in [1.54, 1.807) is 18.2 Å². The number of halogens is 1. The Morgan fingerprint density at radius 3 is 2.92 bits per heavy atom. The molecule has 1 aromatic carbocycles. The van der Waals surface area contributed by atoms with Crippen LogP contribution in [-0.4, -0.2) is 42.7 Å². The van der Waals surface area contributed by atoms with Crippen molar-refractivity contribution < 1.29 is 23.5 Å². The molecule has 3 N–H and O–H groups in total. The molecule has 1 saturated heterocycles. The summed E-state index contributed by atoms with van der Waals surface area (Å²) in [7, 11) is 1.43. The molecule has 0 radical (unpaired) electrons. The lowest BCUT2D eigenvalue weighted by Crippen LogP contribution is -2.31. The number of nitrogens with zero attached hydrogens (tertiary/aromatic N) is 1. The zero-order valence-electron chi connectivity index (χ0n) is 12.9. The third-order valence-corrected chi connectivity index (χ3v) is 3.86. The number of amides is 2. The molecule has 0 aliphatic carbocycles. The van der Waals surface area contributed by atoms with E-state index in [4.69, 9.17) is 15.2 Å². The van der Waals surface area contributed by atoms with Crippen molar-refractivity contribution in [1.82, 2.24) is 10.3 Å². The molecule has 2 heterocycles. The summed E-state index contributed by atoms with van der Waals surface area (Å²) in [5.74, 6) is -0.609. The van der Waals surface area contributed by atoms with E-state index in [1.165, 1.54) is 13.3 Å². The number of aromatic nitrogens is 1. The van der Waals surface area contributed by atoms with E-state index < -0.39 is 24.0 Å². The summed E-state index contributed by atoms with van der Waals surface area (Å²) in [6.45, 7) is 0.0954. The molecule has 0 saturated carbocycles. The Balaban J connectivity index is 1.88. The fourth-order valence-electron chi connectivity index (χ4n) is 2.65. The Kier molecular flexibility index (Phi) is 4.20. The number of carbonyl (C=O) groups excluding carboxylic acids is 2. The summed E-state index contributed by atoms with van der Waals surface area (Å²) in [4.78, 5) is 26.8. The van der Waals surface area contributed by atoms with Crippen molar-refractivity contribution in [3.63, 3.8) is 0 Å². The van der Waals surface area contributed by atoms with Gasteiger partial charge < -0.3 is 20.5 Å². The van der Waals surface area contributed by atoms with Crippen molar-refractivity contribution in [2.45, 2.75) is 18.6 Å². The molecule has 0 unspecified atom stereocenters. The first kappa shape index (κ1) is 16.0. The lowest BCUT2D eigenvalue weighted by molar-refractivity contribution is -0.123. The zero-order chi connectivity index (χ0) is 17.3. The van der Waals surface area contributed by atoms with Crippen LogP contribution in [0.5, 0.6) is 11.6 Å². The van der Waals surface area contributed by atoms with Gasteiger partial charge in [-0.15, -0.1) is 0 Å². The number of alkyl halides is 1. The normalized spacial score (nSPS) is 20.0. The number of benzene rings is 1. The van der Waals surface area contributed by atoms with Crippen LogP contribution in [0.2, 0.25) is 0 Å². The minimum atomic E-state index is -1.50. The molecule has 1 aliphatic rings. The van der Waals surface area contributed by atoms with Crippen molar-refractivity contribution in [3.05, 3.63) is 30.0 Å². The molecule has 3 rings (SSSR count). The van der Waals surface area contributed by atoms with E-state index in [2.05, 4.69) is 10.3 Å². The van der Waals surface area contributed by atoms with Gasteiger partial charge in [0.25, 0.3) is 11.8 Å². The molecule has 0 bridgehead atoms. The van der Waals surface area contributed by atoms with Gasteiger partial charge in [-0.3, -0.25) is 9.59 Å². The molecule has 2 atom stereocenters. The van der Waals surface area contributed by atoms with E-state index in [0.717, 1.165) is 0 Å². The van der Waals surface area contributed by atoms with E-state index in [1.807, 2.05) is 0 Å². The highest BCUT2D eigenvalue weighted by atomic mass is 19.1. The molecule has 1 aliphatic heterocycles. The van der Waals surface area contributed by atoms with Gasteiger partial charge in [-0.1, -0.05) is 0 Å². The van der Waals surface area contributed by atoms with Crippen LogP contribution in [0.1, 0.15) is 16.8 Å². The number of fused-ring (bicyclic) bond motifs is 1. The summed E-state index contributed by atoms with van der Waals surface area (Å²) < 4.78 is 24.0. The van der Waals surface area contributed by atoms with Crippen molar-refractivity contribution >= 4 is 22.6 Å². The highest BCUT2D eigenvalue weighted by Crippen LogP contribution is 2.30. The highest BCUT2D eigenvalue weighted by Gasteiger charge is 2.32. The molecule has 1 fully saturated rings. The Labute approximate surface area is 136 Å². The average molecular weight is 333 g/mol. The van der Waals surface area contributed by atoms with Crippen LogP contribution in [0.3, 0.4) is 0 Å². The molecule has 126 valence electrons. The highest BCUT2D eigenvalue weighted by molar-refractivity contribution is 6.01. The lowest BCUT2D eigenvalue weighted by Gasteiger charge is -2.14. The first-order chi connectivity index (χ1) is 11.5. The number of methoxy groups -OCH3 is 1. The smallest absolute Gasteiger partial charge is 0.254 e. The van der Waals surface area contributed by atoms with Gasteiger partial charge in [0, 0.05) is 18.0 Å². The number of nitrogens with one attached hydrogen (secondary N) is 1. The number of hydrogen-bond donors (Lipinski definition) is 2. The zero-order valence-corrected chi connectivity index (χ0v) is 12.9. The molecule has 24 heavy (non-hydrogen) atoms. The molecule has 8 heteroatoms. The van der Waals surface area contributed by atoms with Crippen LogP contribution in [0.4, 0.5) is 4.39 Å². The molecule has 7 nitrogen and oxygen atoms in total. The SMILES string of the molecule is COc1cc2c(OC[C@@H]3C[C@H](F)C(=O)N3)nccc2cc1C(N)=O. The molecular formula is C16H16FN3O4. The number of carbonyl (C=O) groups is 2. The Morgan fingerprint density at radius 1 is 1.50 bits per heavy atom. The van der Waals surface area contributed by atoms with Crippen molar-refractivity contribution in [2.24, 2.45) is 5.73 Å². The van der Waals surface area contributed by atoms with Crippen molar-refractivity contribution in [1.29, 1.82) is 0 Å². The fourth-order valence-corrected chi connectivity index (χ4v) is 2.65. The van der Waals surface area contributed by atoms with Crippen LogP contribution in [0.25, 0.3) is 10.8 Å². The van der Waals surface area contributed by atoms with Gasteiger partial charge in [0.05, 0.1) is 18.7 Å². The third-order valence-electron chi connectivity index (χ3n) is 3.86. The number of ether oxygens (including phenoxy) is 2. The third kappa shape index (κ3) is 2.94. The predicted octanol–water partition coefficient (Wildman–Crippen LogP) is 0.948. The summed E-state index contributed by atoms with van der Waals surface area (Å²) in [5.41, 5.74) is 5.60. The van der Waals surface area contributed by atoms with Gasteiger partial charge in [0.15, 0.2) is 6.17 Å². The number of rotatable bonds is 5. The van der Waals surface area contributed by atoms with Crippen LogP contribution < -0.4 is 20.5 Å². The molecular weight excluding hydrogens is 317 g/mol. The van der Waals surface area contributed by atoms with Crippen LogP contribution in [-0.2, 0) is 4.79 Å². The molecule has 1 aromatic heterocycles. The number of pyridine rings is 1. The van der Waals surface area contributed by atoms with E-state index in [0.29, 0.717) is 22.4 Å². The van der Waals surface area contributed by atoms with Gasteiger partial charge in [-0.05, 0) is 23.6 Å². The Hall–Kier alpha value is -2.90.